The van der Waals surface area contributed by atoms with E-state index in [2.05, 4.69) is 16.8 Å². The van der Waals surface area contributed by atoms with Gasteiger partial charge in [0.2, 0.25) is 0 Å². The van der Waals surface area contributed by atoms with E-state index >= 15 is 0 Å². The third kappa shape index (κ3) is 3.96. The lowest BCUT2D eigenvalue weighted by molar-refractivity contribution is 0.0747. The number of Topliss-reactive ketones (excluding diaryl/α,β-unsaturated/α-hetero) is 1. The van der Waals surface area contributed by atoms with Gasteiger partial charge in [-0.15, -0.1) is 0 Å². The molecule has 0 spiro atoms. The van der Waals surface area contributed by atoms with Gasteiger partial charge in [0.15, 0.2) is 5.78 Å². The Bertz CT molecular complexity index is 485. The summed E-state index contributed by atoms with van der Waals surface area (Å²) in [6, 6.07) is 1.53. The molecule has 1 heterocycles. The van der Waals surface area contributed by atoms with Crippen LogP contribution in [-0.2, 0) is 0 Å². The third-order valence-corrected chi connectivity index (χ3v) is 2.59. The number of rotatable bonds is 6. The van der Waals surface area contributed by atoms with E-state index in [0.717, 1.165) is 0 Å². The molecule has 102 valence electrons. The van der Waals surface area contributed by atoms with E-state index < -0.39 is 0 Å². The molecule has 0 atom stereocenters. The minimum atomic E-state index is -0.366. The van der Waals surface area contributed by atoms with Crippen molar-refractivity contribution in [3.63, 3.8) is 0 Å². The van der Waals surface area contributed by atoms with Crippen LogP contribution in [0.25, 0.3) is 0 Å². The largest absolute Gasteiger partial charge is 0.308 e. The highest BCUT2D eigenvalue weighted by Gasteiger charge is 2.20. The Morgan fingerprint density at radius 1 is 1.32 bits per heavy atom. The molecular weight excluding hydrogens is 244 g/mol. The number of nitrogens with zero attached hydrogens (tertiary/aromatic N) is 4. The molecule has 0 saturated carbocycles. The van der Waals surface area contributed by atoms with Crippen LogP contribution in [0.2, 0.25) is 0 Å². The van der Waals surface area contributed by atoms with Gasteiger partial charge in [-0.2, -0.15) is 5.10 Å². The predicted molar refractivity (Wildman–Crippen MR) is 73.4 cm³/mol. The topological polar surface area (TPSA) is 65.9 Å². The van der Waals surface area contributed by atoms with Crippen molar-refractivity contribution in [3.05, 3.63) is 29.6 Å². The molecule has 0 saturated heterocycles. The predicted octanol–water partition coefficient (Wildman–Crippen LogP) is 0.904. The Balaban J connectivity index is 2.97. The summed E-state index contributed by atoms with van der Waals surface area (Å²) in [7, 11) is 3.80. The van der Waals surface area contributed by atoms with Crippen molar-refractivity contribution < 1.29 is 9.59 Å². The normalized spacial score (nSPS) is 10.3. The molecule has 0 N–H and O–H groups in total. The minimum Gasteiger partial charge on any atom is -0.308 e. The first-order valence-corrected chi connectivity index (χ1v) is 5.85. The Morgan fingerprint density at radius 3 is 2.53 bits per heavy atom. The number of carbonyl (C=O) groups excluding carboxylic acids is 2. The molecule has 1 amide bonds. The van der Waals surface area contributed by atoms with Gasteiger partial charge in [0.05, 0.1) is 12.1 Å². The Morgan fingerprint density at radius 2 is 2.00 bits per heavy atom. The molecule has 0 aliphatic heterocycles. The Labute approximate surface area is 112 Å². The van der Waals surface area contributed by atoms with Crippen LogP contribution in [0.3, 0.4) is 0 Å². The number of likely N-dealkylation sites (N-methyl/N-ethyl adjacent to an activating group) is 1. The van der Waals surface area contributed by atoms with Gasteiger partial charge in [-0.3, -0.25) is 14.6 Å². The van der Waals surface area contributed by atoms with Crippen LogP contribution in [0.4, 0.5) is 0 Å². The van der Waals surface area contributed by atoms with Crippen molar-refractivity contribution in [3.8, 4) is 0 Å². The second kappa shape index (κ2) is 6.75. The van der Waals surface area contributed by atoms with Crippen LogP contribution < -0.4 is 0 Å². The average Bonchev–Trinajstić information content (AvgIpc) is 2.38. The molecule has 0 bridgehead atoms. The lowest BCUT2D eigenvalue weighted by Crippen LogP contribution is -2.33. The zero-order valence-electron chi connectivity index (χ0n) is 11.5. The van der Waals surface area contributed by atoms with Gasteiger partial charge >= 0.3 is 0 Å². The van der Waals surface area contributed by atoms with E-state index in [0.29, 0.717) is 18.7 Å². The van der Waals surface area contributed by atoms with Crippen LogP contribution in [0, 0.1) is 0 Å². The maximum Gasteiger partial charge on any atom is 0.276 e. The first-order valence-electron chi connectivity index (χ1n) is 5.85. The summed E-state index contributed by atoms with van der Waals surface area (Å²) in [5.74, 6) is -0.544. The van der Waals surface area contributed by atoms with Gasteiger partial charge in [-0.1, -0.05) is 0 Å². The summed E-state index contributed by atoms with van der Waals surface area (Å²) in [6.45, 7) is 5.86. The molecular formula is C13H18N4O2. The summed E-state index contributed by atoms with van der Waals surface area (Å²) in [6.07, 6.45) is 2.87. The molecule has 0 radical (unpaired) electrons. The average molecular weight is 262 g/mol. The number of ketones is 1. The molecule has 19 heavy (non-hydrogen) atoms. The standard InChI is InChI=1S/C13H18N4O2/c1-10(18)11-5-6-15-9-12(11)13(19)17(14-2)8-7-16(3)4/h5-6,9H,2,7-8H2,1,3-4H3. The molecule has 1 rings (SSSR count). The summed E-state index contributed by atoms with van der Waals surface area (Å²) in [5, 5.41) is 4.94. The second-order valence-electron chi connectivity index (χ2n) is 4.35. The quantitative estimate of drug-likeness (QED) is 0.434. The van der Waals surface area contributed by atoms with Crippen molar-refractivity contribution in [1.82, 2.24) is 14.9 Å². The van der Waals surface area contributed by atoms with E-state index in [1.807, 2.05) is 19.0 Å². The van der Waals surface area contributed by atoms with E-state index in [4.69, 9.17) is 0 Å². The molecule has 0 aromatic carbocycles. The number of aromatic nitrogens is 1. The van der Waals surface area contributed by atoms with Gasteiger partial charge in [-0.05, 0) is 27.1 Å². The minimum absolute atomic E-state index is 0.178. The Kier molecular flexibility index (Phi) is 5.32. The van der Waals surface area contributed by atoms with Crippen molar-refractivity contribution in [1.29, 1.82) is 0 Å². The van der Waals surface area contributed by atoms with Gasteiger partial charge < -0.3 is 4.90 Å². The zero-order chi connectivity index (χ0) is 14.4. The number of hydrogen-bond acceptors (Lipinski definition) is 5. The van der Waals surface area contributed by atoms with E-state index in [9.17, 15) is 9.59 Å². The first-order chi connectivity index (χ1) is 8.97. The molecule has 0 unspecified atom stereocenters. The summed E-state index contributed by atoms with van der Waals surface area (Å²) >= 11 is 0. The third-order valence-electron chi connectivity index (χ3n) is 2.59. The highest BCUT2D eigenvalue weighted by Crippen LogP contribution is 2.11. The van der Waals surface area contributed by atoms with E-state index in [-0.39, 0.29) is 17.3 Å². The van der Waals surface area contributed by atoms with Gasteiger partial charge in [0, 0.05) is 31.2 Å². The number of hydrazone groups is 1. The number of pyridine rings is 1. The highest BCUT2D eigenvalue weighted by molar-refractivity contribution is 6.06. The maximum atomic E-state index is 12.3. The SMILES string of the molecule is C=NN(CCN(C)C)C(=O)c1cnccc1C(C)=O. The fourth-order valence-electron chi connectivity index (χ4n) is 1.54. The van der Waals surface area contributed by atoms with Crippen LogP contribution in [0.15, 0.2) is 23.6 Å². The number of hydrogen-bond donors (Lipinski definition) is 0. The first kappa shape index (κ1) is 15.0. The second-order valence-corrected chi connectivity index (χ2v) is 4.35. The summed E-state index contributed by atoms with van der Waals surface area (Å²) < 4.78 is 0. The number of amides is 1. The smallest absolute Gasteiger partial charge is 0.276 e. The van der Waals surface area contributed by atoms with Crippen LogP contribution in [0.1, 0.15) is 27.6 Å². The van der Waals surface area contributed by atoms with Crippen LogP contribution >= 0.6 is 0 Å². The van der Waals surface area contributed by atoms with Crippen LogP contribution in [-0.4, -0.2) is 60.5 Å². The molecule has 6 heteroatoms. The molecule has 1 aromatic heterocycles. The lowest BCUT2D eigenvalue weighted by atomic mass is 10.1. The monoisotopic (exact) mass is 262 g/mol. The summed E-state index contributed by atoms with van der Waals surface area (Å²) in [4.78, 5) is 29.6. The van der Waals surface area contributed by atoms with Crippen molar-refractivity contribution >= 4 is 18.4 Å². The zero-order valence-corrected chi connectivity index (χ0v) is 11.5. The maximum absolute atomic E-state index is 12.3. The highest BCUT2D eigenvalue weighted by atomic mass is 16.2. The molecule has 1 aromatic rings. The van der Waals surface area contributed by atoms with Gasteiger partial charge in [0.25, 0.3) is 5.91 Å². The summed E-state index contributed by atoms with van der Waals surface area (Å²) in [5.41, 5.74) is 0.597. The molecule has 6 nitrogen and oxygen atoms in total. The van der Waals surface area contributed by atoms with Crippen LogP contribution in [0.5, 0.6) is 0 Å². The van der Waals surface area contributed by atoms with E-state index in [1.165, 1.54) is 30.4 Å². The fraction of sp³-hybridized carbons (Fsp3) is 0.385. The fourth-order valence-corrected chi connectivity index (χ4v) is 1.54. The Hall–Kier alpha value is -2.08. The van der Waals surface area contributed by atoms with Crippen molar-refractivity contribution in [2.24, 2.45) is 5.10 Å². The van der Waals surface area contributed by atoms with Crippen molar-refractivity contribution in [2.75, 3.05) is 27.2 Å². The molecule has 0 aliphatic carbocycles. The van der Waals surface area contributed by atoms with Gasteiger partial charge in [0.1, 0.15) is 0 Å². The van der Waals surface area contributed by atoms with E-state index in [1.54, 1.807) is 0 Å². The lowest BCUT2D eigenvalue weighted by Gasteiger charge is -2.19. The van der Waals surface area contributed by atoms with Gasteiger partial charge in [-0.25, -0.2) is 5.01 Å². The number of carbonyl (C=O) groups is 2. The van der Waals surface area contributed by atoms with Crippen molar-refractivity contribution in [2.45, 2.75) is 6.92 Å². The molecule has 0 fully saturated rings. The molecule has 0 aliphatic rings.